The maximum absolute atomic E-state index is 12.1. The normalized spacial score (nSPS) is 15.1. The first-order valence-electron chi connectivity index (χ1n) is 8.48. The van der Waals surface area contributed by atoms with Gasteiger partial charge >= 0.3 is 12.0 Å². The molecule has 8 heteroatoms. The number of nitrogens with zero attached hydrogens (tertiary/aromatic N) is 1. The Morgan fingerprint density at radius 2 is 2.04 bits per heavy atom. The van der Waals surface area contributed by atoms with E-state index in [4.69, 9.17) is 21.4 Å². The SMILES string of the molecule is CCN1C(=O)NC(=Cc2ccc(OCc3cccc(C(=O)O)c3)c(Cl)c2)C1=O. The number of aromatic carboxylic acids is 1. The molecule has 0 aromatic heterocycles. The molecule has 0 radical (unpaired) electrons. The zero-order chi connectivity index (χ0) is 20.3. The number of carbonyl (C=O) groups excluding carboxylic acids is 2. The van der Waals surface area contributed by atoms with E-state index < -0.39 is 12.0 Å². The van der Waals surface area contributed by atoms with Gasteiger partial charge in [-0.05, 0) is 48.4 Å². The summed E-state index contributed by atoms with van der Waals surface area (Å²) in [6.45, 7) is 2.16. The first-order valence-corrected chi connectivity index (χ1v) is 8.86. The summed E-state index contributed by atoms with van der Waals surface area (Å²) in [5, 5.41) is 11.9. The minimum absolute atomic E-state index is 0.154. The van der Waals surface area contributed by atoms with Crippen LogP contribution in [0.25, 0.3) is 6.08 Å². The van der Waals surface area contributed by atoms with E-state index in [1.54, 1.807) is 43.3 Å². The lowest BCUT2D eigenvalue weighted by Crippen LogP contribution is -2.30. The molecule has 1 aliphatic heterocycles. The van der Waals surface area contributed by atoms with Crippen LogP contribution < -0.4 is 10.1 Å². The van der Waals surface area contributed by atoms with Crippen LogP contribution in [-0.2, 0) is 11.4 Å². The Balaban J connectivity index is 1.72. The Hall–Kier alpha value is -3.32. The molecule has 3 rings (SSSR count). The summed E-state index contributed by atoms with van der Waals surface area (Å²) in [6.07, 6.45) is 1.54. The highest BCUT2D eigenvalue weighted by atomic mass is 35.5. The van der Waals surface area contributed by atoms with Crippen LogP contribution in [0, 0.1) is 0 Å². The van der Waals surface area contributed by atoms with Gasteiger partial charge in [0, 0.05) is 6.54 Å². The Bertz CT molecular complexity index is 986. The van der Waals surface area contributed by atoms with Crippen LogP contribution in [0.4, 0.5) is 4.79 Å². The van der Waals surface area contributed by atoms with E-state index in [1.807, 2.05) is 0 Å². The number of carboxylic acids is 1. The van der Waals surface area contributed by atoms with Crippen molar-refractivity contribution in [1.29, 1.82) is 0 Å². The second kappa shape index (κ2) is 8.14. The highest BCUT2D eigenvalue weighted by Gasteiger charge is 2.31. The number of amides is 3. The monoisotopic (exact) mass is 400 g/mol. The Labute approximate surface area is 166 Å². The summed E-state index contributed by atoms with van der Waals surface area (Å²) < 4.78 is 5.66. The molecule has 2 aromatic carbocycles. The number of hydrogen-bond acceptors (Lipinski definition) is 4. The van der Waals surface area contributed by atoms with E-state index in [1.165, 1.54) is 12.1 Å². The number of carboxylic acid groups (broad SMARTS) is 1. The van der Waals surface area contributed by atoms with Crippen molar-refractivity contribution >= 4 is 35.6 Å². The molecule has 28 heavy (non-hydrogen) atoms. The molecule has 0 aliphatic carbocycles. The molecule has 1 saturated heterocycles. The van der Waals surface area contributed by atoms with Crippen molar-refractivity contribution in [2.75, 3.05) is 6.54 Å². The zero-order valence-electron chi connectivity index (χ0n) is 14.9. The Kier molecular flexibility index (Phi) is 5.65. The predicted molar refractivity (Wildman–Crippen MR) is 103 cm³/mol. The quantitative estimate of drug-likeness (QED) is 0.571. The van der Waals surface area contributed by atoms with Gasteiger partial charge in [0.2, 0.25) is 0 Å². The van der Waals surface area contributed by atoms with Crippen LogP contribution in [0.3, 0.4) is 0 Å². The second-order valence-corrected chi connectivity index (χ2v) is 6.43. The van der Waals surface area contributed by atoms with Crippen molar-refractivity contribution in [3.8, 4) is 5.75 Å². The van der Waals surface area contributed by atoms with Crippen molar-refractivity contribution in [1.82, 2.24) is 10.2 Å². The van der Waals surface area contributed by atoms with E-state index in [2.05, 4.69) is 5.32 Å². The summed E-state index contributed by atoms with van der Waals surface area (Å²) in [7, 11) is 0. The van der Waals surface area contributed by atoms with E-state index >= 15 is 0 Å². The summed E-state index contributed by atoms with van der Waals surface area (Å²) in [5.74, 6) is -0.976. The van der Waals surface area contributed by atoms with Crippen molar-refractivity contribution in [3.63, 3.8) is 0 Å². The van der Waals surface area contributed by atoms with E-state index in [-0.39, 0.29) is 23.8 Å². The van der Waals surface area contributed by atoms with Gasteiger partial charge in [-0.15, -0.1) is 0 Å². The van der Waals surface area contributed by atoms with Gasteiger partial charge in [0.25, 0.3) is 5.91 Å². The number of halogens is 1. The summed E-state index contributed by atoms with van der Waals surface area (Å²) in [6, 6.07) is 11.0. The Morgan fingerprint density at radius 3 is 2.68 bits per heavy atom. The highest BCUT2D eigenvalue weighted by molar-refractivity contribution is 6.32. The lowest BCUT2D eigenvalue weighted by Gasteiger charge is -2.09. The van der Waals surface area contributed by atoms with Crippen LogP contribution in [-0.4, -0.2) is 34.5 Å². The largest absolute Gasteiger partial charge is 0.487 e. The molecule has 0 spiro atoms. The fourth-order valence-electron chi connectivity index (χ4n) is 2.70. The molecule has 0 bridgehead atoms. The molecule has 1 aliphatic rings. The third kappa shape index (κ3) is 4.15. The van der Waals surface area contributed by atoms with Gasteiger partial charge in [-0.3, -0.25) is 9.69 Å². The van der Waals surface area contributed by atoms with E-state index in [0.717, 1.165) is 4.90 Å². The highest BCUT2D eigenvalue weighted by Crippen LogP contribution is 2.27. The maximum Gasteiger partial charge on any atom is 0.335 e. The van der Waals surface area contributed by atoms with Crippen molar-refractivity contribution in [2.24, 2.45) is 0 Å². The van der Waals surface area contributed by atoms with E-state index in [0.29, 0.717) is 28.4 Å². The summed E-state index contributed by atoms with van der Waals surface area (Å²) in [5.41, 5.74) is 1.69. The number of likely N-dealkylation sites (N-methyl/N-ethyl adjacent to an activating group) is 1. The lowest BCUT2D eigenvalue weighted by atomic mass is 10.1. The van der Waals surface area contributed by atoms with Gasteiger partial charge in [0.1, 0.15) is 18.1 Å². The average molecular weight is 401 g/mol. The first kappa shape index (κ1) is 19.4. The minimum atomic E-state index is -1.01. The van der Waals surface area contributed by atoms with Gasteiger partial charge in [-0.25, -0.2) is 9.59 Å². The zero-order valence-corrected chi connectivity index (χ0v) is 15.7. The molecule has 144 valence electrons. The summed E-state index contributed by atoms with van der Waals surface area (Å²) in [4.78, 5) is 35.9. The van der Waals surface area contributed by atoms with Crippen LogP contribution in [0.15, 0.2) is 48.2 Å². The number of nitrogens with one attached hydrogen (secondary N) is 1. The number of ether oxygens (including phenoxy) is 1. The smallest absolute Gasteiger partial charge is 0.335 e. The minimum Gasteiger partial charge on any atom is -0.487 e. The van der Waals surface area contributed by atoms with Crippen LogP contribution in [0.2, 0.25) is 5.02 Å². The molecule has 2 aromatic rings. The third-order valence-corrected chi connectivity index (χ3v) is 4.41. The van der Waals surface area contributed by atoms with Crippen LogP contribution in [0.5, 0.6) is 5.75 Å². The number of rotatable bonds is 6. The van der Waals surface area contributed by atoms with Crippen molar-refractivity contribution in [3.05, 3.63) is 69.9 Å². The average Bonchev–Trinajstić information content (AvgIpc) is 2.94. The van der Waals surface area contributed by atoms with Crippen LogP contribution in [0.1, 0.15) is 28.4 Å². The van der Waals surface area contributed by atoms with Crippen molar-refractivity contribution in [2.45, 2.75) is 13.5 Å². The molecule has 1 heterocycles. The van der Waals surface area contributed by atoms with E-state index in [9.17, 15) is 14.4 Å². The molecular formula is C20H17ClN2O5. The van der Waals surface area contributed by atoms with Gasteiger partial charge in [0.15, 0.2) is 0 Å². The number of carbonyl (C=O) groups is 3. The Morgan fingerprint density at radius 1 is 1.25 bits per heavy atom. The lowest BCUT2D eigenvalue weighted by molar-refractivity contribution is -0.122. The topological polar surface area (TPSA) is 95.9 Å². The molecule has 1 fully saturated rings. The fourth-order valence-corrected chi connectivity index (χ4v) is 2.95. The number of imide groups is 1. The van der Waals surface area contributed by atoms with Crippen LogP contribution >= 0.6 is 11.6 Å². The van der Waals surface area contributed by atoms with Gasteiger partial charge in [0.05, 0.1) is 10.6 Å². The molecule has 3 amide bonds. The maximum atomic E-state index is 12.1. The van der Waals surface area contributed by atoms with Crippen molar-refractivity contribution < 1.29 is 24.2 Å². The molecule has 0 atom stereocenters. The number of urea groups is 1. The third-order valence-electron chi connectivity index (χ3n) is 4.11. The molecular weight excluding hydrogens is 384 g/mol. The second-order valence-electron chi connectivity index (χ2n) is 6.02. The molecule has 0 saturated carbocycles. The fraction of sp³-hybridized carbons (Fsp3) is 0.150. The predicted octanol–water partition coefficient (Wildman–Crippen LogP) is 3.53. The van der Waals surface area contributed by atoms with Gasteiger partial charge in [-0.1, -0.05) is 29.8 Å². The van der Waals surface area contributed by atoms with Gasteiger partial charge in [-0.2, -0.15) is 0 Å². The molecule has 2 N–H and O–H groups in total. The molecule has 7 nitrogen and oxygen atoms in total. The first-order chi connectivity index (χ1) is 13.4. The number of benzene rings is 2. The number of hydrogen-bond donors (Lipinski definition) is 2. The standard InChI is InChI=1S/C20H17ClN2O5/c1-2-23-18(24)16(22-20(23)27)10-12-6-7-17(15(21)9-12)28-11-13-4-3-5-14(8-13)19(25)26/h3-10H,2,11H2,1H3,(H,22,27)(H,25,26). The molecule has 0 unspecified atom stereocenters. The van der Waals surface area contributed by atoms with Gasteiger partial charge < -0.3 is 15.2 Å². The summed E-state index contributed by atoms with van der Waals surface area (Å²) >= 11 is 6.25.